The number of rotatable bonds is 9. The highest BCUT2D eigenvalue weighted by Crippen LogP contribution is 2.31. The summed E-state index contributed by atoms with van der Waals surface area (Å²) in [6.07, 6.45) is 1.76. The number of benzene rings is 1. The summed E-state index contributed by atoms with van der Waals surface area (Å²) >= 11 is 7.91. The van der Waals surface area contributed by atoms with Crippen LogP contribution in [0.3, 0.4) is 0 Å². The van der Waals surface area contributed by atoms with E-state index in [1.54, 1.807) is 35.6 Å². The fourth-order valence-electron chi connectivity index (χ4n) is 3.59. The van der Waals surface area contributed by atoms with Crippen LogP contribution in [0.1, 0.15) is 43.8 Å². The number of fused-ring (bicyclic) bond motifs is 1. The Morgan fingerprint density at radius 3 is 2.69 bits per heavy atom. The van der Waals surface area contributed by atoms with Crippen molar-refractivity contribution in [3.8, 4) is 11.3 Å². The molecule has 0 saturated heterocycles. The second-order valence-corrected chi connectivity index (χ2v) is 10.6. The van der Waals surface area contributed by atoms with Gasteiger partial charge in [0.2, 0.25) is 0 Å². The molecule has 0 aliphatic rings. The lowest BCUT2D eigenvalue weighted by Crippen LogP contribution is -2.28. The van der Waals surface area contributed by atoms with E-state index in [1.807, 2.05) is 18.2 Å². The maximum atomic E-state index is 13.1. The molecule has 0 saturated carbocycles. The van der Waals surface area contributed by atoms with E-state index in [-0.39, 0.29) is 11.9 Å². The number of hydrogen-bond donors (Lipinski definition) is 2. The first-order valence-electron chi connectivity index (χ1n) is 11.4. The maximum Gasteiger partial charge on any atom is 0.257 e. The Labute approximate surface area is 213 Å². The molecule has 3 heterocycles. The molecule has 0 fully saturated rings. The Balaban J connectivity index is 1.54. The SMILES string of the molecule is Cc1onc(-c2ccccc2Cl)c1C(=O)NCCn1ncc2c(NC(C)C)nc(SC(C)C)nc21. The predicted octanol–water partition coefficient (Wildman–Crippen LogP) is 5.19. The van der Waals surface area contributed by atoms with Crippen LogP contribution >= 0.6 is 23.4 Å². The van der Waals surface area contributed by atoms with Crippen LogP contribution in [-0.4, -0.2) is 48.6 Å². The van der Waals surface area contributed by atoms with Gasteiger partial charge in [-0.25, -0.2) is 14.6 Å². The molecule has 2 N–H and O–H groups in total. The van der Waals surface area contributed by atoms with Crippen LogP contribution < -0.4 is 10.6 Å². The smallest absolute Gasteiger partial charge is 0.257 e. The summed E-state index contributed by atoms with van der Waals surface area (Å²) < 4.78 is 7.09. The van der Waals surface area contributed by atoms with E-state index in [4.69, 9.17) is 21.1 Å². The Morgan fingerprint density at radius 2 is 1.97 bits per heavy atom. The second kappa shape index (κ2) is 10.7. The van der Waals surface area contributed by atoms with Crippen molar-refractivity contribution in [1.82, 2.24) is 30.2 Å². The minimum absolute atomic E-state index is 0.215. The van der Waals surface area contributed by atoms with Gasteiger partial charge in [0, 0.05) is 23.4 Å². The highest BCUT2D eigenvalue weighted by atomic mass is 35.5. The fraction of sp³-hybridized carbons (Fsp3) is 0.375. The summed E-state index contributed by atoms with van der Waals surface area (Å²) in [5.74, 6) is 0.894. The molecule has 0 aliphatic heterocycles. The number of hydrogen-bond acceptors (Lipinski definition) is 8. The standard InChI is InChI=1S/C24H28ClN7O2S/c1-13(2)28-21-17-12-27-32(22(17)30-24(29-21)35-14(3)4)11-10-26-23(33)19-15(5)34-31-20(19)16-8-6-7-9-18(16)25/h6-9,12-14H,10-11H2,1-5H3,(H,26,33)(H,28,29,30). The number of thioether (sulfide) groups is 1. The number of aromatic nitrogens is 5. The topological polar surface area (TPSA) is 111 Å². The monoisotopic (exact) mass is 513 g/mol. The molecule has 1 amide bonds. The zero-order valence-corrected chi connectivity index (χ0v) is 21.9. The van der Waals surface area contributed by atoms with Gasteiger partial charge in [-0.1, -0.05) is 60.6 Å². The van der Waals surface area contributed by atoms with Gasteiger partial charge in [0.25, 0.3) is 5.91 Å². The third-order valence-corrected chi connectivity index (χ3v) is 6.26. The van der Waals surface area contributed by atoms with Crippen molar-refractivity contribution in [3.05, 3.63) is 46.8 Å². The molecule has 35 heavy (non-hydrogen) atoms. The van der Waals surface area contributed by atoms with Crippen LogP contribution in [0.5, 0.6) is 0 Å². The van der Waals surface area contributed by atoms with Crippen molar-refractivity contribution in [2.75, 3.05) is 11.9 Å². The molecule has 0 bridgehead atoms. The molecule has 11 heteroatoms. The third-order valence-electron chi connectivity index (χ3n) is 5.07. The lowest BCUT2D eigenvalue weighted by molar-refractivity contribution is 0.0951. The number of carbonyl (C=O) groups excluding carboxylic acids is 1. The summed E-state index contributed by atoms with van der Waals surface area (Å²) in [7, 11) is 0. The highest BCUT2D eigenvalue weighted by Gasteiger charge is 2.23. The van der Waals surface area contributed by atoms with Crippen LogP contribution in [0, 0.1) is 6.92 Å². The predicted molar refractivity (Wildman–Crippen MR) is 139 cm³/mol. The van der Waals surface area contributed by atoms with Gasteiger partial charge in [-0.05, 0) is 26.8 Å². The number of nitrogens with zero attached hydrogens (tertiary/aromatic N) is 5. The van der Waals surface area contributed by atoms with E-state index in [0.29, 0.717) is 51.1 Å². The van der Waals surface area contributed by atoms with Crippen molar-refractivity contribution in [3.63, 3.8) is 0 Å². The highest BCUT2D eigenvalue weighted by molar-refractivity contribution is 7.99. The minimum Gasteiger partial charge on any atom is -0.367 e. The summed E-state index contributed by atoms with van der Waals surface area (Å²) in [5, 5.41) is 17.3. The zero-order chi connectivity index (χ0) is 25.1. The molecule has 4 aromatic rings. The Kier molecular flexibility index (Phi) is 7.61. The molecule has 4 rings (SSSR count). The number of anilines is 1. The molecule has 0 aliphatic carbocycles. The molecule has 0 unspecified atom stereocenters. The maximum absolute atomic E-state index is 13.1. The number of halogens is 1. The summed E-state index contributed by atoms with van der Waals surface area (Å²) in [4.78, 5) is 22.5. The van der Waals surface area contributed by atoms with Gasteiger partial charge in [-0.15, -0.1) is 0 Å². The van der Waals surface area contributed by atoms with E-state index >= 15 is 0 Å². The normalized spacial score (nSPS) is 11.5. The first-order chi connectivity index (χ1) is 16.7. The molecule has 0 radical (unpaired) electrons. The van der Waals surface area contributed by atoms with Gasteiger partial charge < -0.3 is 15.2 Å². The Morgan fingerprint density at radius 1 is 1.20 bits per heavy atom. The molecule has 9 nitrogen and oxygen atoms in total. The fourth-order valence-corrected chi connectivity index (χ4v) is 4.52. The Bertz CT molecular complexity index is 1350. The van der Waals surface area contributed by atoms with Crippen LogP contribution in [0.2, 0.25) is 5.02 Å². The van der Waals surface area contributed by atoms with Crippen LogP contribution in [-0.2, 0) is 6.54 Å². The van der Waals surface area contributed by atoms with E-state index in [9.17, 15) is 4.79 Å². The zero-order valence-electron chi connectivity index (χ0n) is 20.3. The van der Waals surface area contributed by atoms with E-state index in [1.165, 1.54) is 0 Å². The number of nitrogens with one attached hydrogen (secondary N) is 2. The molecule has 0 spiro atoms. The van der Waals surface area contributed by atoms with Crippen molar-refractivity contribution in [2.45, 2.75) is 57.6 Å². The van der Waals surface area contributed by atoms with Gasteiger partial charge >= 0.3 is 0 Å². The quantitative estimate of drug-likeness (QED) is 0.232. The Hall–Kier alpha value is -3.11. The van der Waals surface area contributed by atoms with Crippen LogP contribution in [0.4, 0.5) is 5.82 Å². The van der Waals surface area contributed by atoms with Crippen molar-refractivity contribution in [1.29, 1.82) is 0 Å². The summed E-state index contributed by atoms with van der Waals surface area (Å²) in [5.41, 5.74) is 2.15. The lowest BCUT2D eigenvalue weighted by atomic mass is 10.1. The molecular formula is C24H28ClN7O2S. The molecule has 3 aromatic heterocycles. The summed E-state index contributed by atoms with van der Waals surface area (Å²) in [6, 6.07) is 7.44. The number of carbonyl (C=O) groups is 1. The van der Waals surface area contributed by atoms with Crippen molar-refractivity contribution >= 4 is 46.1 Å². The number of aryl methyl sites for hydroxylation is 1. The van der Waals surface area contributed by atoms with Crippen molar-refractivity contribution in [2.24, 2.45) is 0 Å². The molecule has 184 valence electrons. The average molecular weight is 514 g/mol. The van der Waals surface area contributed by atoms with Gasteiger partial charge in [-0.2, -0.15) is 5.10 Å². The van der Waals surface area contributed by atoms with Crippen LogP contribution in [0.15, 0.2) is 40.1 Å². The lowest BCUT2D eigenvalue weighted by Gasteiger charge is -2.12. The van der Waals surface area contributed by atoms with Gasteiger partial charge in [0.15, 0.2) is 10.8 Å². The minimum atomic E-state index is -0.289. The van der Waals surface area contributed by atoms with E-state index < -0.39 is 0 Å². The largest absolute Gasteiger partial charge is 0.367 e. The number of amides is 1. The molecular weight excluding hydrogens is 486 g/mol. The molecule has 1 aromatic carbocycles. The molecule has 0 atom stereocenters. The first kappa shape index (κ1) is 25.0. The average Bonchev–Trinajstić information content (AvgIpc) is 3.37. The third kappa shape index (κ3) is 5.59. The van der Waals surface area contributed by atoms with Gasteiger partial charge in [0.1, 0.15) is 22.8 Å². The first-order valence-corrected chi connectivity index (χ1v) is 12.7. The van der Waals surface area contributed by atoms with E-state index in [2.05, 4.69) is 53.6 Å². The van der Waals surface area contributed by atoms with Gasteiger partial charge in [-0.3, -0.25) is 4.79 Å². The van der Waals surface area contributed by atoms with E-state index in [0.717, 1.165) is 16.9 Å². The van der Waals surface area contributed by atoms with Crippen LogP contribution in [0.25, 0.3) is 22.3 Å². The summed E-state index contributed by atoms with van der Waals surface area (Å²) in [6.45, 7) is 10.8. The van der Waals surface area contributed by atoms with Crippen molar-refractivity contribution < 1.29 is 9.32 Å². The second-order valence-electron chi connectivity index (χ2n) is 8.62. The van der Waals surface area contributed by atoms with Gasteiger partial charge in [0.05, 0.1) is 23.2 Å².